The molecule has 0 N–H and O–H groups in total. The second kappa shape index (κ2) is 4.45. The lowest BCUT2D eigenvalue weighted by molar-refractivity contribution is 0.484. The third kappa shape index (κ3) is 2.21. The Morgan fingerprint density at radius 1 is 1.67 bits per heavy atom. The number of hydrogen-bond donors (Lipinski definition) is 0. The van der Waals surface area contributed by atoms with Crippen molar-refractivity contribution in [3.05, 3.63) is 11.6 Å². The Morgan fingerprint density at radius 3 is 2.92 bits per heavy atom. The number of hydrogen-bond acceptors (Lipinski definition) is 2. The van der Waals surface area contributed by atoms with Gasteiger partial charge in [0.05, 0.1) is 0 Å². The van der Waals surface area contributed by atoms with Gasteiger partial charge < -0.3 is 4.57 Å². The summed E-state index contributed by atoms with van der Waals surface area (Å²) in [6.07, 6.45) is 5.25. The molecule has 1 atom stereocenters. The zero-order valence-electron chi connectivity index (χ0n) is 7.50. The molecule has 0 spiro atoms. The van der Waals surface area contributed by atoms with Crippen molar-refractivity contribution in [2.24, 2.45) is 0 Å². The Balaban J connectivity index is 2.52. The largest absolute Gasteiger partial charge is 0.302 e. The zero-order valence-corrected chi connectivity index (χ0v) is 8.25. The number of halogens is 1. The van der Waals surface area contributed by atoms with Crippen molar-refractivity contribution in [1.29, 1.82) is 0 Å². The highest BCUT2D eigenvalue weighted by molar-refractivity contribution is 6.28. The SMILES string of the molecule is CCCCC(C)n1cnnc1Cl. The molecule has 0 saturated heterocycles. The highest BCUT2D eigenvalue weighted by atomic mass is 35.5. The first-order chi connectivity index (χ1) is 5.75. The molecular weight excluding hydrogens is 174 g/mol. The van der Waals surface area contributed by atoms with Gasteiger partial charge in [-0.1, -0.05) is 19.8 Å². The van der Waals surface area contributed by atoms with Crippen LogP contribution in [0.25, 0.3) is 0 Å². The third-order valence-electron chi connectivity index (χ3n) is 1.98. The number of rotatable bonds is 4. The lowest BCUT2D eigenvalue weighted by atomic mass is 10.1. The predicted octanol–water partition coefficient (Wildman–Crippen LogP) is 2.68. The van der Waals surface area contributed by atoms with Gasteiger partial charge in [0.2, 0.25) is 5.28 Å². The van der Waals surface area contributed by atoms with E-state index in [2.05, 4.69) is 24.0 Å². The molecule has 1 rings (SSSR count). The summed E-state index contributed by atoms with van der Waals surface area (Å²) in [5.74, 6) is 0. The van der Waals surface area contributed by atoms with Gasteiger partial charge in [-0.3, -0.25) is 0 Å². The molecule has 1 heterocycles. The summed E-state index contributed by atoms with van der Waals surface area (Å²) in [5.41, 5.74) is 0. The number of nitrogens with zero attached hydrogens (tertiary/aromatic N) is 3. The molecule has 0 aliphatic heterocycles. The third-order valence-corrected chi connectivity index (χ3v) is 2.25. The minimum Gasteiger partial charge on any atom is -0.302 e. The average molecular weight is 188 g/mol. The fraction of sp³-hybridized carbons (Fsp3) is 0.750. The van der Waals surface area contributed by atoms with Crippen LogP contribution in [0.15, 0.2) is 6.33 Å². The standard InChI is InChI=1S/C8H14ClN3/c1-3-4-5-7(2)12-6-10-11-8(12)9/h6-7H,3-5H2,1-2H3. The van der Waals surface area contributed by atoms with Crippen LogP contribution >= 0.6 is 11.6 Å². The van der Waals surface area contributed by atoms with Crippen molar-refractivity contribution in [3.63, 3.8) is 0 Å². The topological polar surface area (TPSA) is 30.7 Å². The summed E-state index contributed by atoms with van der Waals surface area (Å²) in [6, 6.07) is 0.410. The highest BCUT2D eigenvalue weighted by Gasteiger charge is 2.07. The Hall–Kier alpha value is -0.570. The first-order valence-electron chi connectivity index (χ1n) is 4.30. The van der Waals surface area contributed by atoms with E-state index in [1.807, 2.05) is 4.57 Å². The quantitative estimate of drug-likeness (QED) is 0.726. The summed E-state index contributed by atoms with van der Waals surface area (Å²) < 4.78 is 1.90. The lowest BCUT2D eigenvalue weighted by Crippen LogP contribution is -2.03. The number of aromatic nitrogens is 3. The minimum absolute atomic E-state index is 0.410. The van der Waals surface area contributed by atoms with Crippen LogP contribution in [-0.2, 0) is 0 Å². The molecule has 0 radical (unpaired) electrons. The maximum absolute atomic E-state index is 5.80. The van der Waals surface area contributed by atoms with Gasteiger partial charge in [-0.15, -0.1) is 10.2 Å². The summed E-state index contributed by atoms with van der Waals surface area (Å²) in [7, 11) is 0. The van der Waals surface area contributed by atoms with Crippen LogP contribution in [-0.4, -0.2) is 14.8 Å². The van der Waals surface area contributed by atoms with Crippen LogP contribution in [0, 0.1) is 0 Å². The summed E-state index contributed by atoms with van der Waals surface area (Å²) in [6.45, 7) is 4.31. The van der Waals surface area contributed by atoms with E-state index in [0.717, 1.165) is 6.42 Å². The Kier molecular flexibility index (Phi) is 3.53. The van der Waals surface area contributed by atoms with Gasteiger partial charge in [0.15, 0.2) is 0 Å². The van der Waals surface area contributed by atoms with E-state index in [4.69, 9.17) is 11.6 Å². The van der Waals surface area contributed by atoms with Crippen LogP contribution in [0.3, 0.4) is 0 Å². The fourth-order valence-electron chi connectivity index (χ4n) is 1.16. The summed E-state index contributed by atoms with van der Waals surface area (Å²) >= 11 is 5.80. The molecule has 4 heteroatoms. The van der Waals surface area contributed by atoms with E-state index in [0.29, 0.717) is 11.3 Å². The molecule has 0 aliphatic carbocycles. The minimum atomic E-state index is 0.410. The van der Waals surface area contributed by atoms with Gasteiger partial charge in [-0.05, 0) is 24.9 Å². The molecule has 1 aromatic rings. The zero-order chi connectivity index (χ0) is 8.97. The van der Waals surface area contributed by atoms with Crippen LogP contribution in [0.2, 0.25) is 5.28 Å². The molecule has 1 aromatic heterocycles. The maximum atomic E-state index is 5.80. The van der Waals surface area contributed by atoms with Gasteiger partial charge in [-0.2, -0.15) is 0 Å². The van der Waals surface area contributed by atoms with E-state index >= 15 is 0 Å². The second-order valence-corrected chi connectivity index (χ2v) is 3.34. The van der Waals surface area contributed by atoms with Crippen LogP contribution < -0.4 is 0 Å². The van der Waals surface area contributed by atoms with Crippen LogP contribution in [0.5, 0.6) is 0 Å². The number of unbranched alkanes of at least 4 members (excludes halogenated alkanes) is 1. The van der Waals surface area contributed by atoms with E-state index in [-0.39, 0.29) is 0 Å². The molecule has 0 saturated carbocycles. The Morgan fingerprint density at radius 2 is 2.42 bits per heavy atom. The van der Waals surface area contributed by atoms with E-state index in [9.17, 15) is 0 Å². The van der Waals surface area contributed by atoms with Crippen LogP contribution in [0.1, 0.15) is 39.2 Å². The Bertz CT molecular complexity index is 234. The summed E-state index contributed by atoms with van der Waals surface area (Å²) in [4.78, 5) is 0. The Labute approximate surface area is 77.8 Å². The lowest BCUT2D eigenvalue weighted by Gasteiger charge is -2.11. The molecular formula is C8H14ClN3. The van der Waals surface area contributed by atoms with Crippen molar-refractivity contribution in [3.8, 4) is 0 Å². The van der Waals surface area contributed by atoms with Gasteiger partial charge in [0.1, 0.15) is 6.33 Å². The molecule has 0 amide bonds. The van der Waals surface area contributed by atoms with Gasteiger partial charge in [-0.25, -0.2) is 0 Å². The van der Waals surface area contributed by atoms with Gasteiger partial charge in [0, 0.05) is 6.04 Å². The monoisotopic (exact) mass is 187 g/mol. The van der Waals surface area contributed by atoms with E-state index in [1.165, 1.54) is 12.8 Å². The molecule has 0 aromatic carbocycles. The van der Waals surface area contributed by atoms with Gasteiger partial charge >= 0.3 is 0 Å². The first-order valence-corrected chi connectivity index (χ1v) is 4.68. The molecule has 68 valence electrons. The molecule has 0 fully saturated rings. The molecule has 0 bridgehead atoms. The van der Waals surface area contributed by atoms with Crippen molar-refractivity contribution >= 4 is 11.6 Å². The van der Waals surface area contributed by atoms with Crippen LogP contribution in [0.4, 0.5) is 0 Å². The molecule has 0 aliphatic rings. The second-order valence-electron chi connectivity index (χ2n) is 3.00. The first kappa shape index (κ1) is 9.52. The molecule has 3 nitrogen and oxygen atoms in total. The van der Waals surface area contributed by atoms with Crippen molar-refractivity contribution in [1.82, 2.24) is 14.8 Å². The van der Waals surface area contributed by atoms with Crippen molar-refractivity contribution in [2.45, 2.75) is 39.2 Å². The van der Waals surface area contributed by atoms with E-state index < -0.39 is 0 Å². The average Bonchev–Trinajstić information content (AvgIpc) is 2.47. The van der Waals surface area contributed by atoms with E-state index in [1.54, 1.807) is 6.33 Å². The van der Waals surface area contributed by atoms with Crippen molar-refractivity contribution in [2.75, 3.05) is 0 Å². The highest BCUT2D eigenvalue weighted by Crippen LogP contribution is 2.17. The fourth-order valence-corrected chi connectivity index (χ4v) is 1.42. The summed E-state index contributed by atoms with van der Waals surface area (Å²) in [5, 5.41) is 7.94. The maximum Gasteiger partial charge on any atom is 0.225 e. The molecule has 1 unspecified atom stereocenters. The van der Waals surface area contributed by atoms with Gasteiger partial charge in [0.25, 0.3) is 0 Å². The normalized spacial score (nSPS) is 13.2. The van der Waals surface area contributed by atoms with Crippen molar-refractivity contribution < 1.29 is 0 Å². The smallest absolute Gasteiger partial charge is 0.225 e. The molecule has 12 heavy (non-hydrogen) atoms. The predicted molar refractivity (Wildman–Crippen MR) is 49.3 cm³/mol.